The number of benzene rings is 1. The quantitative estimate of drug-likeness (QED) is 0.806. The van der Waals surface area contributed by atoms with Crippen LogP contribution < -0.4 is 0 Å². The van der Waals surface area contributed by atoms with Crippen LogP contribution in [0.4, 0.5) is 0 Å². The fraction of sp³-hybridized carbons (Fsp3) is 0.182. The van der Waals surface area contributed by atoms with E-state index in [1.54, 1.807) is 23.9 Å². The molecule has 0 saturated heterocycles. The van der Waals surface area contributed by atoms with Gasteiger partial charge in [-0.25, -0.2) is 4.98 Å². The molecule has 0 N–H and O–H groups in total. The van der Waals surface area contributed by atoms with Crippen molar-refractivity contribution in [3.63, 3.8) is 0 Å². The highest BCUT2D eigenvalue weighted by Gasteiger charge is 2.05. The van der Waals surface area contributed by atoms with Gasteiger partial charge in [-0.05, 0) is 36.2 Å². The third-order valence-electron chi connectivity index (χ3n) is 2.04. The average Bonchev–Trinajstić information content (AvgIpc) is 2.73. The predicted molar refractivity (Wildman–Crippen MR) is 70.4 cm³/mol. The number of aryl methyl sites for hydroxylation is 1. The lowest BCUT2D eigenvalue weighted by molar-refractivity contribution is 1.10. The van der Waals surface area contributed by atoms with E-state index in [4.69, 9.17) is 16.9 Å². The van der Waals surface area contributed by atoms with Crippen LogP contribution in [0, 0.1) is 18.3 Å². The predicted octanol–water partition coefficient (Wildman–Crippen LogP) is 3.66. The number of hydrogen-bond donors (Lipinski definition) is 0. The Balaban J connectivity index is 2.07. The molecule has 0 aliphatic heterocycles. The first-order valence-electron chi connectivity index (χ1n) is 4.80. The highest BCUT2D eigenvalue weighted by Crippen LogP contribution is 2.28. The molecule has 0 atom stereocenters. The van der Waals surface area contributed by atoms with E-state index in [0.29, 0.717) is 10.6 Å². The van der Waals surface area contributed by atoms with Crippen LogP contribution >= 0.6 is 34.9 Å². The first-order valence-corrected chi connectivity index (χ1v) is 6.94. The van der Waals surface area contributed by atoms with Crippen LogP contribution in [0.15, 0.2) is 22.5 Å². The second kappa shape index (κ2) is 5.50. The minimum atomic E-state index is 0.579. The summed E-state index contributed by atoms with van der Waals surface area (Å²) in [6.45, 7) is 1.87. The smallest absolute Gasteiger partial charge is 0.170 e. The average molecular weight is 282 g/mol. The van der Waals surface area contributed by atoms with E-state index in [9.17, 15) is 0 Å². The summed E-state index contributed by atoms with van der Waals surface area (Å²) in [6, 6.07) is 7.39. The van der Waals surface area contributed by atoms with Crippen molar-refractivity contribution in [2.45, 2.75) is 17.0 Å². The standard InChI is InChI=1S/C11H8ClN3S2/c1-7-14-11(17-15-7)16-6-9-3-2-8(5-13)4-10(9)12/h2-4H,6H2,1H3. The molecule has 0 aliphatic carbocycles. The minimum Gasteiger partial charge on any atom is -0.213 e. The van der Waals surface area contributed by atoms with Crippen molar-refractivity contribution in [1.29, 1.82) is 5.26 Å². The number of rotatable bonds is 3. The maximum Gasteiger partial charge on any atom is 0.170 e. The molecule has 1 heterocycles. The van der Waals surface area contributed by atoms with Crippen LogP contribution in [-0.2, 0) is 5.75 Å². The molecule has 17 heavy (non-hydrogen) atoms. The molecule has 0 aliphatic rings. The third-order valence-corrected chi connectivity index (χ3v) is 4.37. The second-order valence-electron chi connectivity index (χ2n) is 3.31. The SMILES string of the molecule is Cc1nsc(SCc2ccc(C#N)cc2Cl)n1. The molecule has 0 spiro atoms. The molecule has 0 saturated carbocycles. The van der Waals surface area contributed by atoms with Crippen molar-refractivity contribution in [3.8, 4) is 6.07 Å². The van der Waals surface area contributed by atoms with E-state index in [0.717, 1.165) is 21.5 Å². The van der Waals surface area contributed by atoms with E-state index in [-0.39, 0.29) is 0 Å². The third kappa shape index (κ3) is 3.19. The van der Waals surface area contributed by atoms with Crippen LogP contribution in [0.3, 0.4) is 0 Å². The van der Waals surface area contributed by atoms with Crippen LogP contribution in [0.25, 0.3) is 0 Å². The summed E-state index contributed by atoms with van der Waals surface area (Å²) in [5, 5.41) is 9.36. The first-order chi connectivity index (χ1) is 8.19. The molecule has 3 nitrogen and oxygen atoms in total. The number of hydrogen-bond acceptors (Lipinski definition) is 5. The summed E-state index contributed by atoms with van der Waals surface area (Å²) in [5.74, 6) is 1.53. The van der Waals surface area contributed by atoms with Gasteiger partial charge in [0.25, 0.3) is 0 Å². The molecule has 2 rings (SSSR count). The van der Waals surface area contributed by atoms with Gasteiger partial charge in [-0.15, -0.1) is 0 Å². The molecule has 0 bridgehead atoms. The molecule has 6 heteroatoms. The summed E-state index contributed by atoms with van der Waals surface area (Å²) in [7, 11) is 0. The van der Waals surface area contributed by atoms with Gasteiger partial charge in [0.05, 0.1) is 11.6 Å². The molecular weight excluding hydrogens is 274 g/mol. The monoisotopic (exact) mass is 281 g/mol. The number of nitriles is 1. The van der Waals surface area contributed by atoms with Gasteiger partial charge in [0.1, 0.15) is 5.82 Å². The normalized spacial score (nSPS) is 10.2. The van der Waals surface area contributed by atoms with Crippen LogP contribution in [0.2, 0.25) is 5.02 Å². The van der Waals surface area contributed by atoms with Gasteiger partial charge in [-0.3, -0.25) is 0 Å². The highest BCUT2D eigenvalue weighted by atomic mass is 35.5. The minimum absolute atomic E-state index is 0.579. The van der Waals surface area contributed by atoms with E-state index < -0.39 is 0 Å². The Hall–Kier alpha value is -1.09. The van der Waals surface area contributed by atoms with E-state index in [1.165, 1.54) is 11.5 Å². The van der Waals surface area contributed by atoms with E-state index in [2.05, 4.69) is 15.4 Å². The van der Waals surface area contributed by atoms with Crippen molar-refractivity contribution < 1.29 is 0 Å². The molecule has 1 aromatic carbocycles. The number of thioether (sulfide) groups is 1. The summed E-state index contributed by atoms with van der Waals surface area (Å²) >= 11 is 9.07. The summed E-state index contributed by atoms with van der Waals surface area (Å²) < 4.78 is 5.05. The fourth-order valence-electron chi connectivity index (χ4n) is 1.21. The lowest BCUT2D eigenvalue weighted by atomic mass is 10.2. The maximum absolute atomic E-state index is 8.73. The Morgan fingerprint density at radius 1 is 1.53 bits per heavy atom. The van der Waals surface area contributed by atoms with Gasteiger partial charge in [-0.2, -0.15) is 9.64 Å². The molecule has 1 aromatic heterocycles. The first kappa shape index (κ1) is 12.4. The Morgan fingerprint density at radius 3 is 2.94 bits per heavy atom. The van der Waals surface area contributed by atoms with Crippen LogP contribution in [-0.4, -0.2) is 9.36 Å². The molecule has 0 radical (unpaired) electrons. The van der Waals surface area contributed by atoms with Crippen molar-refractivity contribution in [1.82, 2.24) is 9.36 Å². The number of aromatic nitrogens is 2. The molecule has 86 valence electrons. The Bertz CT molecular complexity index is 574. The molecule has 0 unspecified atom stereocenters. The van der Waals surface area contributed by atoms with Crippen molar-refractivity contribution in [2.75, 3.05) is 0 Å². The van der Waals surface area contributed by atoms with Gasteiger partial charge in [0, 0.05) is 10.8 Å². The number of halogens is 1. The Kier molecular flexibility index (Phi) is 4.00. The highest BCUT2D eigenvalue weighted by molar-refractivity contribution is 8.00. The number of nitrogens with zero attached hydrogens (tertiary/aromatic N) is 3. The largest absolute Gasteiger partial charge is 0.213 e. The zero-order valence-electron chi connectivity index (χ0n) is 8.98. The second-order valence-corrected chi connectivity index (χ2v) is 5.70. The molecule has 0 amide bonds. The van der Waals surface area contributed by atoms with Gasteiger partial charge in [0.2, 0.25) is 0 Å². The topological polar surface area (TPSA) is 49.6 Å². The zero-order chi connectivity index (χ0) is 12.3. The van der Waals surface area contributed by atoms with Crippen molar-refractivity contribution in [3.05, 3.63) is 40.2 Å². The fourth-order valence-corrected chi connectivity index (χ4v) is 3.19. The lowest BCUT2D eigenvalue weighted by Gasteiger charge is -2.02. The molecular formula is C11H8ClN3S2. The van der Waals surface area contributed by atoms with Crippen LogP contribution in [0.5, 0.6) is 0 Å². The molecule has 0 fully saturated rings. The van der Waals surface area contributed by atoms with E-state index in [1.807, 2.05) is 13.0 Å². The zero-order valence-corrected chi connectivity index (χ0v) is 11.4. The van der Waals surface area contributed by atoms with Gasteiger partial charge in [-0.1, -0.05) is 29.4 Å². The van der Waals surface area contributed by atoms with E-state index >= 15 is 0 Å². The lowest BCUT2D eigenvalue weighted by Crippen LogP contribution is -1.84. The Morgan fingerprint density at radius 2 is 2.35 bits per heavy atom. The van der Waals surface area contributed by atoms with Crippen molar-refractivity contribution >= 4 is 34.9 Å². The summed E-state index contributed by atoms with van der Waals surface area (Å²) in [5.41, 5.74) is 1.58. The summed E-state index contributed by atoms with van der Waals surface area (Å²) in [6.07, 6.45) is 0. The molecule has 2 aromatic rings. The van der Waals surface area contributed by atoms with Gasteiger partial charge < -0.3 is 0 Å². The Labute approximate surface area is 113 Å². The summed E-state index contributed by atoms with van der Waals surface area (Å²) in [4.78, 5) is 4.26. The van der Waals surface area contributed by atoms with Crippen molar-refractivity contribution in [2.24, 2.45) is 0 Å². The van der Waals surface area contributed by atoms with Crippen LogP contribution in [0.1, 0.15) is 17.0 Å². The van der Waals surface area contributed by atoms with Gasteiger partial charge >= 0.3 is 0 Å². The van der Waals surface area contributed by atoms with Gasteiger partial charge in [0.15, 0.2) is 4.34 Å². The maximum atomic E-state index is 8.73.